The summed E-state index contributed by atoms with van der Waals surface area (Å²) >= 11 is 0. The van der Waals surface area contributed by atoms with E-state index in [2.05, 4.69) is 5.73 Å². The topological polar surface area (TPSA) is 156 Å². The largest absolute Gasteiger partial charge is 0.391 e. The highest BCUT2D eigenvalue weighted by molar-refractivity contribution is 7.51. The highest BCUT2D eigenvalue weighted by atomic mass is 31.2. The number of aliphatic hydroxyl groups excluding tert-OH is 1. The van der Waals surface area contributed by atoms with Crippen LogP contribution >= 0.6 is 7.60 Å². The van der Waals surface area contributed by atoms with Gasteiger partial charge in [0.1, 0.15) is 0 Å². The predicted octanol–water partition coefficient (Wildman–Crippen LogP) is -2.20. The van der Waals surface area contributed by atoms with Gasteiger partial charge in [0.05, 0.1) is 18.8 Å². The lowest BCUT2D eigenvalue weighted by molar-refractivity contribution is -0.139. The molecule has 10 heteroatoms. The second-order valence-corrected chi connectivity index (χ2v) is 4.25. The van der Waals surface area contributed by atoms with Crippen LogP contribution < -0.4 is 11.2 Å². The van der Waals surface area contributed by atoms with Crippen molar-refractivity contribution < 1.29 is 29.5 Å². The summed E-state index contributed by atoms with van der Waals surface area (Å²) in [6.45, 7) is -0.561. The number of carbonyl (C=O) groups excluding carboxylic acids is 1. The van der Waals surface area contributed by atoms with Crippen molar-refractivity contribution in [2.75, 3.05) is 12.7 Å². The summed E-state index contributed by atoms with van der Waals surface area (Å²) in [4.78, 5) is 27.0. The molecule has 0 aromatic heterocycles. The summed E-state index contributed by atoms with van der Waals surface area (Å²) in [6, 6.07) is -1.06. The Labute approximate surface area is 79.2 Å². The Kier molecular flexibility index (Phi) is 4.99. The first-order chi connectivity index (χ1) is 6.20. The molecule has 0 aromatic carbocycles. The lowest BCUT2D eigenvalue weighted by atomic mass is 10.4. The maximum Gasteiger partial charge on any atom is 0.328 e. The lowest BCUT2D eigenvalue weighted by Crippen LogP contribution is -2.46. The zero-order valence-electron chi connectivity index (χ0n) is 7.07. The van der Waals surface area contributed by atoms with Crippen LogP contribution in [0.3, 0.4) is 0 Å². The van der Waals surface area contributed by atoms with E-state index in [9.17, 15) is 9.36 Å². The van der Waals surface area contributed by atoms with Gasteiger partial charge in [-0.05, 0) is 0 Å². The number of nitrogens with two attached hydrogens (primary N) is 1. The Morgan fingerprint density at radius 1 is 1.57 bits per heavy atom. The van der Waals surface area contributed by atoms with E-state index < -0.39 is 32.4 Å². The van der Waals surface area contributed by atoms with Crippen LogP contribution in [-0.4, -0.2) is 50.1 Å². The molecular formula is C4H12N3O6P. The van der Waals surface area contributed by atoms with Gasteiger partial charge in [-0.15, -0.1) is 0 Å². The number of nitrogens with one attached hydrogen (secondary N) is 1. The van der Waals surface area contributed by atoms with E-state index in [0.717, 1.165) is 0 Å². The molecular weight excluding hydrogens is 217 g/mol. The molecule has 0 heterocycles. The quantitative estimate of drug-likeness (QED) is 0.230. The number of rotatable bonds is 5. The maximum absolute atomic E-state index is 10.4. The molecule has 0 fully saturated rings. The van der Waals surface area contributed by atoms with E-state index in [-0.39, 0.29) is 5.17 Å². The first-order valence-electron chi connectivity index (χ1n) is 3.46. The van der Waals surface area contributed by atoms with Gasteiger partial charge in [-0.3, -0.25) is 9.77 Å². The van der Waals surface area contributed by atoms with Crippen LogP contribution in [-0.2, 0) is 4.57 Å². The van der Waals surface area contributed by atoms with Crippen LogP contribution in [0.2, 0.25) is 0 Å². The first kappa shape index (κ1) is 13.3. The maximum atomic E-state index is 10.4. The van der Waals surface area contributed by atoms with Crippen LogP contribution in [0.4, 0.5) is 4.79 Å². The number of carbonyl (C=O) groups is 1. The first-order valence-corrected chi connectivity index (χ1v) is 5.25. The zero-order chi connectivity index (χ0) is 11.4. The molecule has 1 unspecified atom stereocenters. The molecule has 7 N–H and O–H groups in total. The number of urea groups is 1. The van der Waals surface area contributed by atoms with Crippen LogP contribution in [0.5, 0.6) is 0 Å². The van der Waals surface area contributed by atoms with Gasteiger partial charge in [0, 0.05) is 0 Å². The molecule has 84 valence electrons. The van der Waals surface area contributed by atoms with E-state index in [1.54, 1.807) is 5.43 Å². The number of hydrogen-bond acceptors (Lipinski definition) is 5. The average molecular weight is 229 g/mol. The molecule has 9 nitrogen and oxygen atoms in total. The van der Waals surface area contributed by atoms with Gasteiger partial charge >= 0.3 is 13.6 Å². The van der Waals surface area contributed by atoms with Crippen molar-refractivity contribution in [3.63, 3.8) is 0 Å². The van der Waals surface area contributed by atoms with Gasteiger partial charge < -0.3 is 20.6 Å². The number of amides is 2. The van der Waals surface area contributed by atoms with Crippen molar-refractivity contribution in [3.8, 4) is 0 Å². The fourth-order valence-electron chi connectivity index (χ4n) is 0.705. The second kappa shape index (κ2) is 5.25. The van der Waals surface area contributed by atoms with Gasteiger partial charge in [-0.2, -0.15) is 0 Å². The molecule has 2 amide bonds. The predicted molar refractivity (Wildman–Crippen MR) is 44.1 cm³/mol. The van der Waals surface area contributed by atoms with Gasteiger partial charge in [0.15, 0.2) is 0 Å². The summed E-state index contributed by atoms with van der Waals surface area (Å²) < 4.78 is 10.4. The van der Waals surface area contributed by atoms with Crippen LogP contribution in [0, 0.1) is 0 Å². The SMILES string of the molecule is NC(=O)NN(O)CC(O)CP(=O)(O)O. The standard InChI is InChI=1S/C4H12N3O6P/c5-4(9)6-7(10)1-3(8)2-14(11,12)13/h3,8,10H,1-2H2,(H3,5,6,9)(H2,11,12,13). The molecule has 1 atom stereocenters. The van der Waals surface area contributed by atoms with Crippen molar-refractivity contribution in [1.29, 1.82) is 0 Å². The minimum atomic E-state index is -4.34. The van der Waals surface area contributed by atoms with E-state index >= 15 is 0 Å². The summed E-state index contributed by atoms with van der Waals surface area (Å²) in [5.41, 5.74) is 6.28. The minimum absolute atomic E-state index is 0.142. The molecule has 0 saturated heterocycles. The molecule has 0 aromatic rings. The lowest BCUT2D eigenvalue weighted by Gasteiger charge is -2.18. The Morgan fingerprint density at radius 3 is 2.43 bits per heavy atom. The van der Waals surface area contributed by atoms with E-state index in [1.807, 2.05) is 0 Å². The number of nitrogens with zero attached hydrogens (tertiary/aromatic N) is 1. The van der Waals surface area contributed by atoms with Crippen LogP contribution in [0.15, 0.2) is 0 Å². The van der Waals surface area contributed by atoms with Crippen molar-refractivity contribution in [3.05, 3.63) is 0 Å². The average Bonchev–Trinajstić information content (AvgIpc) is 1.77. The Morgan fingerprint density at radius 2 is 2.07 bits per heavy atom. The Hall–Kier alpha value is -0.700. The molecule has 0 aliphatic heterocycles. The van der Waals surface area contributed by atoms with E-state index in [4.69, 9.17) is 20.1 Å². The van der Waals surface area contributed by atoms with Gasteiger partial charge in [0.2, 0.25) is 0 Å². The smallest absolute Gasteiger partial charge is 0.328 e. The molecule has 0 spiro atoms. The van der Waals surface area contributed by atoms with Crippen molar-refractivity contribution in [2.24, 2.45) is 5.73 Å². The highest BCUT2D eigenvalue weighted by Crippen LogP contribution is 2.34. The van der Waals surface area contributed by atoms with Crippen molar-refractivity contribution >= 4 is 13.6 Å². The van der Waals surface area contributed by atoms with Crippen molar-refractivity contribution in [2.45, 2.75) is 6.10 Å². The van der Waals surface area contributed by atoms with Gasteiger partial charge in [0.25, 0.3) is 0 Å². The number of hydrogen-bond donors (Lipinski definition) is 6. The Bertz CT molecular complexity index is 241. The molecule has 0 radical (unpaired) electrons. The molecule has 0 bridgehead atoms. The minimum Gasteiger partial charge on any atom is -0.391 e. The van der Waals surface area contributed by atoms with Crippen LogP contribution in [0.1, 0.15) is 0 Å². The highest BCUT2D eigenvalue weighted by Gasteiger charge is 2.21. The molecule has 0 rings (SSSR count). The fourth-order valence-corrected chi connectivity index (χ4v) is 1.37. The normalized spacial score (nSPS) is 14.1. The summed E-state index contributed by atoms with van der Waals surface area (Å²) in [6.07, 6.45) is -2.29. The summed E-state index contributed by atoms with van der Waals surface area (Å²) in [5.74, 6) is 0. The van der Waals surface area contributed by atoms with E-state index in [1.165, 1.54) is 0 Å². The molecule has 14 heavy (non-hydrogen) atoms. The van der Waals surface area contributed by atoms with Crippen LogP contribution in [0.25, 0.3) is 0 Å². The molecule has 0 aliphatic rings. The second-order valence-electron chi connectivity index (χ2n) is 2.56. The number of hydrazine groups is 1. The Balaban J connectivity index is 3.88. The third-order valence-corrected chi connectivity index (χ3v) is 1.97. The number of primary amides is 1. The zero-order valence-corrected chi connectivity index (χ0v) is 7.96. The monoisotopic (exact) mass is 229 g/mol. The number of hydroxylamine groups is 1. The molecule has 0 saturated carbocycles. The summed E-state index contributed by atoms with van der Waals surface area (Å²) in [7, 11) is -4.34. The third-order valence-electron chi connectivity index (χ3n) is 1.07. The van der Waals surface area contributed by atoms with Gasteiger partial charge in [-0.25, -0.2) is 10.2 Å². The summed E-state index contributed by atoms with van der Waals surface area (Å²) in [5, 5.41) is 17.9. The van der Waals surface area contributed by atoms with Crippen molar-refractivity contribution in [1.82, 2.24) is 10.6 Å². The fraction of sp³-hybridized carbons (Fsp3) is 0.750. The van der Waals surface area contributed by atoms with E-state index in [0.29, 0.717) is 0 Å². The van der Waals surface area contributed by atoms with Gasteiger partial charge in [-0.1, -0.05) is 5.17 Å². The number of aliphatic hydroxyl groups is 1. The third kappa shape index (κ3) is 7.92. The molecule has 0 aliphatic carbocycles.